The molecule has 2 aromatic heterocycles. The van der Waals surface area contributed by atoms with Gasteiger partial charge in [0.1, 0.15) is 6.26 Å². The fourth-order valence-corrected chi connectivity index (χ4v) is 3.15. The number of aromatic nitrogens is 2. The Bertz CT molecular complexity index is 1190. The highest BCUT2D eigenvalue weighted by Gasteiger charge is 2.20. The van der Waals surface area contributed by atoms with Gasteiger partial charge in [-0.2, -0.15) is 0 Å². The minimum atomic E-state index is -0.491. The topological polar surface area (TPSA) is 114 Å². The standard InChI is InChI=1S/C21H18N4O4/c1-13-5-7-14(8-6-13)21-24-15(12-29-21)9-10-22-20(26)16-11-23-17-3-2-4-18(19(16)17)25(27)28/h2-8,11-12,23H,9-10H2,1H3,(H,22,26). The van der Waals surface area contributed by atoms with E-state index in [0.717, 1.165) is 11.1 Å². The van der Waals surface area contributed by atoms with Crippen LogP contribution in [0.2, 0.25) is 0 Å². The number of carbonyl (C=O) groups excluding carboxylic acids is 1. The van der Waals surface area contributed by atoms with Crippen molar-refractivity contribution in [2.75, 3.05) is 6.54 Å². The molecule has 2 N–H and O–H groups in total. The number of rotatable bonds is 6. The van der Waals surface area contributed by atoms with Crippen LogP contribution >= 0.6 is 0 Å². The number of oxazole rings is 1. The Balaban J connectivity index is 1.43. The highest BCUT2D eigenvalue weighted by Crippen LogP contribution is 2.28. The van der Waals surface area contributed by atoms with Crippen LogP contribution in [0.5, 0.6) is 0 Å². The number of benzene rings is 2. The largest absolute Gasteiger partial charge is 0.444 e. The number of aromatic amines is 1. The zero-order valence-electron chi connectivity index (χ0n) is 15.6. The zero-order chi connectivity index (χ0) is 20.4. The van der Waals surface area contributed by atoms with E-state index in [2.05, 4.69) is 15.3 Å². The molecular formula is C21H18N4O4. The molecule has 29 heavy (non-hydrogen) atoms. The molecule has 8 nitrogen and oxygen atoms in total. The van der Waals surface area contributed by atoms with E-state index in [4.69, 9.17) is 4.42 Å². The van der Waals surface area contributed by atoms with Crippen molar-refractivity contribution in [2.24, 2.45) is 0 Å². The third-order valence-corrected chi connectivity index (χ3v) is 4.64. The summed E-state index contributed by atoms with van der Waals surface area (Å²) < 4.78 is 5.52. The van der Waals surface area contributed by atoms with Gasteiger partial charge in [0, 0.05) is 30.8 Å². The van der Waals surface area contributed by atoms with E-state index in [1.54, 1.807) is 18.4 Å². The van der Waals surface area contributed by atoms with Crippen molar-refractivity contribution in [1.82, 2.24) is 15.3 Å². The van der Waals surface area contributed by atoms with Crippen molar-refractivity contribution in [3.05, 3.63) is 81.9 Å². The molecule has 0 aliphatic carbocycles. The van der Waals surface area contributed by atoms with E-state index in [9.17, 15) is 14.9 Å². The predicted molar refractivity (Wildman–Crippen MR) is 108 cm³/mol. The van der Waals surface area contributed by atoms with Crippen LogP contribution in [0.25, 0.3) is 22.4 Å². The first-order chi connectivity index (χ1) is 14.0. The van der Waals surface area contributed by atoms with Gasteiger partial charge < -0.3 is 14.7 Å². The number of carbonyl (C=O) groups is 1. The summed E-state index contributed by atoms with van der Waals surface area (Å²) in [5, 5.41) is 14.4. The second kappa shape index (κ2) is 7.59. The van der Waals surface area contributed by atoms with Crippen LogP contribution in [-0.4, -0.2) is 27.3 Å². The van der Waals surface area contributed by atoms with E-state index >= 15 is 0 Å². The molecular weight excluding hydrogens is 372 g/mol. The first-order valence-corrected chi connectivity index (χ1v) is 9.07. The summed E-state index contributed by atoms with van der Waals surface area (Å²) in [6.07, 6.45) is 3.53. The highest BCUT2D eigenvalue weighted by molar-refractivity contribution is 6.10. The number of amides is 1. The zero-order valence-corrected chi connectivity index (χ0v) is 15.6. The monoisotopic (exact) mass is 390 g/mol. The molecule has 0 aliphatic heterocycles. The van der Waals surface area contributed by atoms with E-state index in [1.807, 2.05) is 31.2 Å². The average Bonchev–Trinajstić information content (AvgIpc) is 3.35. The Hall–Kier alpha value is -3.94. The van der Waals surface area contributed by atoms with Crippen molar-refractivity contribution in [2.45, 2.75) is 13.3 Å². The number of fused-ring (bicyclic) bond motifs is 1. The second-order valence-corrected chi connectivity index (χ2v) is 6.68. The lowest BCUT2D eigenvalue weighted by Crippen LogP contribution is -2.25. The third kappa shape index (κ3) is 3.73. The molecule has 0 spiro atoms. The SMILES string of the molecule is Cc1ccc(-c2nc(CCNC(=O)c3c[nH]c4cccc([N+](=O)[O-])c34)co2)cc1. The maximum absolute atomic E-state index is 12.5. The Morgan fingerprint density at radius 3 is 2.79 bits per heavy atom. The predicted octanol–water partition coefficient (Wildman–Crippen LogP) is 4.01. The molecule has 4 aromatic rings. The summed E-state index contributed by atoms with van der Waals surface area (Å²) in [5.74, 6) is 0.145. The van der Waals surface area contributed by atoms with Gasteiger partial charge in [-0.1, -0.05) is 23.8 Å². The van der Waals surface area contributed by atoms with Crippen LogP contribution in [0.3, 0.4) is 0 Å². The smallest absolute Gasteiger partial charge is 0.279 e. The average molecular weight is 390 g/mol. The fraction of sp³-hybridized carbons (Fsp3) is 0.143. The minimum absolute atomic E-state index is 0.104. The maximum Gasteiger partial charge on any atom is 0.279 e. The van der Waals surface area contributed by atoms with Crippen molar-refractivity contribution < 1.29 is 14.1 Å². The Labute approximate surface area is 165 Å². The first-order valence-electron chi connectivity index (χ1n) is 9.07. The number of aryl methyl sites for hydroxylation is 1. The Kier molecular flexibility index (Phi) is 4.82. The molecule has 146 valence electrons. The molecule has 0 atom stereocenters. The normalized spacial score (nSPS) is 10.9. The van der Waals surface area contributed by atoms with Crippen LogP contribution in [0.1, 0.15) is 21.6 Å². The molecule has 0 fully saturated rings. The molecule has 0 saturated carbocycles. The number of nitrogens with zero attached hydrogens (tertiary/aromatic N) is 2. The maximum atomic E-state index is 12.5. The lowest BCUT2D eigenvalue weighted by molar-refractivity contribution is -0.383. The third-order valence-electron chi connectivity index (χ3n) is 4.64. The Morgan fingerprint density at radius 2 is 2.03 bits per heavy atom. The van der Waals surface area contributed by atoms with Gasteiger partial charge in [0.2, 0.25) is 5.89 Å². The lowest BCUT2D eigenvalue weighted by atomic mass is 10.1. The van der Waals surface area contributed by atoms with Crippen molar-refractivity contribution in [1.29, 1.82) is 0 Å². The van der Waals surface area contributed by atoms with Crippen LogP contribution in [-0.2, 0) is 6.42 Å². The molecule has 0 bridgehead atoms. The first kappa shape index (κ1) is 18.4. The number of hydrogen-bond donors (Lipinski definition) is 2. The number of nitro groups is 1. The Morgan fingerprint density at radius 1 is 1.24 bits per heavy atom. The molecule has 2 aromatic carbocycles. The van der Waals surface area contributed by atoms with Crippen molar-refractivity contribution in [3.63, 3.8) is 0 Å². The van der Waals surface area contributed by atoms with Gasteiger partial charge in [-0.25, -0.2) is 4.98 Å². The van der Waals surface area contributed by atoms with Gasteiger partial charge in [-0.3, -0.25) is 14.9 Å². The van der Waals surface area contributed by atoms with Gasteiger partial charge in [-0.05, 0) is 25.1 Å². The fourth-order valence-electron chi connectivity index (χ4n) is 3.15. The van der Waals surface area contributed by atoms with E-state index in [-0.39, 0.29) is 17.2 Å². The van der Waals surface area contributed by atoms with Gasteiger partial charge in [0.25, 0.3) is 11.6 Å². The highest BCUT2D eigenvalue weighted by atomic mass is 16.6. The summed E-state index contributed by atoms with van der Waals surface area (Å²) in [4.78, 5) is 30.7. The number of non-ortho nitro benzene ring substituents is 1. The molecule has 0 radical (unpaired) electrons. The van der Waals surface area contributed by atoms with Gasteiger partial charge >= 0.3 is 0 Å². The molecule has 0 aliphatic rings. The van der Waals surface area contributed by atoms with Crippen LogP contribution in [0.15, 0.2) is 59.3 Å². The summed E-state index contributed by atoms with van der Waals surface area (Å²) >= 11 is 0. The molecule has 2 heterocycles. The van der Waals surface area contributed by atoms with E-state index in [0.29, 0.717) is 35.5 Å². The lowest BCUT2D eigenvalue weighted by Gasteiger charge is -2.03. The second-order valence-electron chi connectivity index (χ2n) is 6.68. The van der Waals surface area contributed by atoms with Crippen LogP contribution in [0.4, 0.5) is 5.69 Å². The number of nitro benzene ring substituents is 1. The van der Waals surface area contributed by atoms with E-state index in [1.165, 1.54) is 12.3 Å². The van der Waals surface area contributed by atoms with Gasteiger partial charge in [0.05, 0.1) is 27.1 Å². The molecule has 8 heteroatoms. The van der Waals surface area contributed by atoms with Gasteiger partial charge in [-0.15, -0.1) is 0 Å². The quantitative estimate of drug-likeness (QED) is 0.381. The summed E-state index contributed by atoms with van der Waals surface area (Å²) in [5.41, 5.74) is 3.44. The van der Waals surface area contributed by atoms with E-state index < -0.39 is 4.92 Å². The number of H-pyrrole nitrogens is 1. The minimum Gasteiger partial charge on any atom is -0.444 e. The van der Waals surface area contributed by atoms with Crippen LogP contribution in [0, 0.1) is 17.0 Å². The van der Waals surface area contributed by atoms with Gasteiger partial charge in [0.15, 0.2) is 0 Å². The summed E-state index contributed by atoms with van der Waals surface area (Å²) in [7, 11) is 0. The van der Waals surface area contributed by atoms with Crippen molar-refractivity contribution in [3.8, 4) is 11.5 Å². The number of nitrogens with one attached hydrogen (secondary N) is 2. The molecule has 0 saturated heterocycles. The van der Waals surface area contributed by atoms with Crippen molar-refractivity contribution >= 4 is 22.5 Å². The number of hydrogen-bond acceptors (Lipinski definition) is 5. The molecule has 1 amide bonds. The van der Waals surface area contributed by atoms with Crippen LogP contribution < -0.4 is 5.32 Å². The molecule has 4 rings (SSSR count). The summed E-state index contributed by atoms with van der Waals surface area (Å²) in [6.45, 7) is 2.34. The summed E-state index contributed by atoms with van der Waals surface area (Å²) in [6, 6.07) is 12.5. The molecule has 0 unspecified atom stereocenters.